The first-order valence-electron chi connectivity index (χ1n) is 8.96. The predicted molar refractivity (Wildman–Crippen MR) is 119 cm³/mol. The zero-order valence-corrected chi connectivity index (χ0v) is 18.0. The molecule has 0 heterocycles. The minimum atomic E-state index is -0.455. The third-order valence-electron chi connectivity index (χ3n) is 4.27. The maximum atomic E-state index is 12.3. The molecule has 0 aromatic heterocycles. The topological polar surface area (TPSA) is 68.5 Å². The maximum Gasteiger partial charge on any atom is 0.343 e. The lowest BCUT2D eigenvalue weighted by atomic mass is 10.0. The van der Waals surface area contributed by atoms with Gasteiger partial charge in [-0.2, -0.15) is 5.26 Å². The van der Waals surface area contributed by atoms with Crippen molar-refractivity contribution in [1.29, 1.82) is 5.26 Å². The zero-order chi connectivity index (χ0) is 21.5. The van der Waals surface area contributed by atoms with Crippen molar-refractivity contribution < 1.29 is 19.0 Å². The summed E-state index contributed by atoms with van der Waals surface area (Å²) in [5, 5.41) is 9.64. The second kappa shape index (κ2) is 9.77. The van der Waals surface area contributed by atoms with E-state index in [1.807, 2.05) is 6.07 Å². The van der Waals surface area contributed by atoms with Crippen LogP contribution in [0.25, 0.3) is 11.6 Å². The fourth-order valence-corrected chi connectivity index (χ4v) is 3.03. The molecule has 0 unspecified atom stereocenters. The third-order valence-corrected chi connectivity index (χ3v) is 4.80. The number of rotatable bonds is 6. The van der Waals surface area contributed by atoms with Gasteiger partial charge in [0.1, 0.15) is 5.75 Å². The highest BCUT2D eigenvalue weighted by atomic mass is 79.9. The summed E-state index contributed by atoms with van der Waals surface area (Å²) in [4.78, 5) is 12.3. The molecule has 3 rings (SSSR count). The molecular weight excluding hydrogens is 446 g/mol. The van der Waals surface area contributed by atoms with Gasteiger partial charge in [0.15, 0.2) is 11.5 Å². The Morgan fingerprint density at radius 1 is 0.933 bits per heavy atom. The predicted octanol–water partition coefficient (Wildman–Crippen LogP) is 5.75. The number of carbonyl (C=O) groups excluding carboxylic acids is 1. The van der Waals surface area contributed by atoms with Crippen LogP contribution in [0.3, 0.4) is 0 Å². The average Bonchev–Trinajstić information content (AvgIpc) is 2.77. The van der Waals surface area contributed by atoms with Crippen LogP contribution in [-0.2, 0) is 0 Å². The molecule has 3 aromatic carbocycles. The standard InChI is InChI=1S/C24H18BrNO4/c1-28-22-11-8-18(14-23(22)29-2)19(15-26)12-16-4-3-5-21(13-16)30-24(27)17-6-9-20(25)10-7-17/h3-14H,1-2H3/b19-12-. The summed E-state index contributed by atoms with van der Waals surface area (Å²) in [5.74, 6) is 1.05. The van der Waals surface area contributed by atoms with Crippen molar-refractivity contribution in [3.63, 3.8) is 0 Å². The zero-order valence-electron chi connectivity index (χ0n) is 16.4. The third kappa shape index (κ3) is 5.07. The van der Waals surface area contributed by atoms with Crippen LogP contribution in [0.2, 0.25) is 0 Å². The van der Waals surface area contributed by atoms with E-state index in [4.69, 9.17) is 14.2 Å². The maximum absolute atomic E-state index is 12.3. The van der Waals surface area contributed by atoms with Gasteiger partial charge in [0.2, 0.25) is 0 Å². The number of hydrogen-bond acceptors (Lipinski definition) is 5. The Balaban J connectivity index is 1.85. The lowest BCUT2D eigenvalue weighted by molar-refractivity contribution is 0.0734. The summed E-state index contributed by atoms with van der Waals surface area (Å²) in [6, 6.07) is 21.4. The molecule has 0 aliphatic heterocycles. The van der Waals surface area contributed by atoms with Crippen LogP contribution in [0.15, 0.2) is 71.2 Å². The molecule has 5 nitrogen and oxygen atoms in total. The number of nitrogens with zero attached hydrogens (tertiary/aromatic N) is 1. The van der Waals surface area contributed by atoms with E-state index in [0.717, 1.165) is 10.0 Å². The van der Waals surface area contributed by atoms with E-state index in [0.29, 0.717) is 33.9 Å². The van der Waals surface area contributed by atoms with E-state index < -0.39 is 5.97 Å². The van der Waals surface area contributed by atoms with Crippen LogP contribution in [0.4, 0.5) is 0 Å². The van der Waals surface area contributed by atoms with Crippen molar-refractivity contribution in [2.75, 3.05) is 14.2 Å². The summed E-state index contributed by atoms with van der Waals surface area (Å²) < 4.78 is 16.9. The molecule has 0 spiro atoms. The molecule has 0 radical (unpaired) electrons. The van der Waals surface area contributed by atoms with Gasteiger partial charge in [0.05, 0.1) is 31.4 Å². The number of ether oxygens (including phenoxy) is 3. The summed E-state index contributed by atoms with van der Waals surface area (Å²) in [5.41, 5.74) is 2.30. The first kappa shape index (κ1) is 21.2. The molecule has 0 amide bonds. The average molecular weight is 464 g/mol. The number of benzene rings is 3. The van der Waals surface area contributed by atoms with Gasteiger partial charge < -0.3 is 14.2 Å². The SMILES string of the molecule is COc1ccc(/C(C#N)=C\c2cccc(OC(=O)c3ccc(Br)cc3)c2)cc1OC. The molecule has 0 aliphatic carbocycles. The van der Waals surface area contributed by atoms with Gasteiger partial charge >= 0.3 is 5.97 Å². The highest BCUT2D eigenvalue weighted by Gasteiger charge is 2.10. The first-order chi connectivity index (χ1) is 14.5. The van der Waals surface area contributed by atoms with Crippen LogP contribution in [0, 0.1) is 11.3 Å². The van der Waals surface area contributed by atoms with Gasteiger partial charge in [-0.05, 0) is 71.8 Å². The molecule has 0 saturated carbocycles. The van der Waals surface area contributed by atoms with Crippen LogP contribution in [0.5, 0.6) is 17.2 Å². The number of nitriles is 1. The number of allylic oxidation sites excluding steroid dienone is 1. The summed E-state index contributed by atoms with van der Waals surface area (Å²) >= 11 is 3.34. The molecule has 0 N–H and O–H groups in total. The van der Waals surface area contributed by atoms with Gasteiger partial charge in [-0.25, -0.2) is 4.79 Å². The molecule has 30 heavy (non-hydrogen) atoms. The Morgan fingerprint density at radius 2 is 1.63 bits per heavy atom. The fourth-order valence-electron chi connectivity index (χ4n) is 2.77. The van der Waals surface area contributed by atoms with Gasteiger partial charge in [0.25, 0.3) is 0 Å². The second-order valence-electron chi connectivity index (χ2n) is 6.21. The van der Waals surface area contributed by atoms with Crippen LogP contribution < -0.4 is 14.2 Å². The van der Waals surface area contributed by atoms with Crippen LogP contribution in [-0.4, -0.2) is 20.2 Å². The normalized spacial score (nSPS) is 10.8. The Kier molecular flexibility index (Phi) is 6.89. The Bertz CT molecular complexity index is 1130. The molecule has 0 aliphatic rings. The van der Waals surface area contributed by atoms with E-state index in [2.05, 4.69) is 22.0 Å². The number of hydrogen-bond donors (Lipinski definition) is 0. The van der Waals surface area contributed by atoms with Crippen LogP contribution >= 0.6 is 15.9 Å². The van der Waals surface area contributed by atoms with Crippen molar-refractivity contribution in [3.8, 4) is 23.3 Å². The smallest absolute Gasteiger partial charge is 0.343 e. The van der Waals surface area contributed by atoms with E-state index >= 15 is 0 Å². The summed E-state index contributed by atoms with van der Waals surface area (Å²) in [6.07, 6.45) is 1.72. The van der Waals surface area contributed by atoms with E-state index in [1.54, 1.807) is 81.0 Å². The van der Waals surface area contributed by atoms with Gasteiger partial charge in [-0.3, -0.25) is 0 Å². The minimum Gasteiger partial charge on any atom is -0.493 e. The Hall–Kier alpha value is -3.56. The fraction of sp³-hybridized carbons (Fsp3) is 0.0833. The van der Waals surface area contributed by atoms with Gasteiger partial charge in [-0.1, -0.05) is 28.1 Å². The highest BCUT2D eigenvalue weighted by Crippen LogP contribution is 2.31. The van der Waals surface area contributed by atoms with Gasteiger partial charge in [-0.15, -0.1) is 0 Å². The molecule has 6 heteroatoms. The lowest BCUT2D eigenvalue weighted by Gasteiger charge is -2.09. The quantitative estimate of drug-likeness (QED) is 0.201. The van der Waals surface area contributed by atoms with E-state index in [-0.39, 0.29) is 0 Å². The monoisotopic (exact) mass is 463 g/mol. The highest BCUT2D eigenvalue weighted by molar-refractivity contribution is 9.10. The second-order valence-corrected chi connectivity index (χ2v) is 7.12. The van der Waals surface area contributed by atoms with Gasteiger partial charge in [0, 0.05) is 4.47 Å². The summed E-state index contributed by atoms with van der Waals surface area (Å²) in [6.45, 7) is 0. The number of halogens is 1. The van der Waals surface area contributed by atoms with Crippen molar-refractivity contribution in [3.05, 3.63) is 87.9 Å². The Morgan fingerprint density at radius 3 is 2.30 bits per heavy atom. The summed E-state index contributed by atoms with van der Waals surface area (Å²) in [7, 11) is 3.10. The molecule has 3 aromatic rings. The number of esters is 1. The molecule has 0 fully saturated rings. The lowest BCUT2D eigenvalue weighted by Crippen LogP contribution is -2.08. The van der Waals surface area contributed by atoms with Crippen molar-refractivity contribution in [2.45, 2.75) is 0 Å². The van der Waals surface area contributed by atoms with Crippen molar-refractivity contribution >= 4 is 33.5 Å². The molecule has 0 atom stereocenters. The van der Waals surface area contributed by atoms with E-state index in [9.17, 15) is 10.1 Å². The Labute approximate surface area is 183 Å². The van der Waals surface area contributed by atoms with E-state index in [1.165, 1.54) is 0 Å². The minimum absolute atomic E-state index is 0.390. The molecule has 150 valence electrons. The molecular formula is C24H18BrNO4. The van der Waals surface area contributed by atoms with Crippen molar-refractivity contribution in [2.24, 2.45) is 0 Å². The number of methoxy groups -OCH3 is 2. The van der Waals surface area contributed by atoms with Crippen molar-refractivity contribution in [1.82, 2.24) is 0 Å². The first-order valence-corrected chi connectivity index (χ1v) is 9.75. The largest absolute Gasteiger partial charge is 0.493 e. The molecule has 0 bridgehead atoms. The molecule has 0 saturated heterocycles. The van der Waals surface area contributed by atoms with Crippen LogP contribution in [0.1, 0.15) is 21.5 Å². The number of carbonyl (C=O) groups is 1.